The molecule has 0 bridgehead atoms. The lowest BCUT2D eigenvalue weighted by molar-refractivity contribution is -0.145. The smallest absolute Gasteiger partial charge is 0.408 e. The Bertz CT molecular complexity index is 1440. The second-order valence-corrected chi connectivity index (χ2v) is 16.8. The zero-order chi connectivity index (χ0) is 42.3. The van der Waals surface area contributed by atoms with E-state index in [1.807, 2.05) is 13.8 Å². The van der Waals surface area contributed by atoms with E-state index in [1.54, 1.807) is 63.9 Å². The van der Waals surface area contributed by atoms with Crippen molar-refractivity contribution in [1.29, 1.82) is 0 Å². The average molecular weight is 797 g/mol. The molecule has 0 radical (unpaired) electrons. The summed E-state index contributed by atoms with van der Waals surface area (Å²) in [6.07, 6.45) is 1.06. The molecule has 5 N–H and O–H groups in total. The van der Waals surface area contributed by atoms with Crippen LogP contribution in [0.15, 0.2) is 29.2 Å². The second-order valence-electron chi connectivity index (χ2n) is 15.6. The van der Waals surface area contributed by atoms with Crippen molar-refractivity contribution in [3.05, 3.63) is 24.3 Å². The van der Waals surface area contributed by atoms with Gasteiger partial charge in [-0.15, -0.1) is 0 Å². The van der Waals surface area contributed by atoms with Gasteiger partial charge in [-0.05, 0) is 77.6 Å². The van der Waals surface area contributed by atoms with Crippen LogP contribution in [0, 0.1) is 11.8 Å². The molecule has 1 fully saturated rings. The molecule has 1 heterocycles. The van der Waals surface area contributed by atoms with Gasteiger partial charge < -0.3 is 40.4 Å². The van der Waals surface area contributed by atoms with Crippen molar-refractivity contribution < 1.29 is 42.4 Å². The Morgan fingerprint density at radius 3 is 2.09 bits per heavy atom. The van der Waals surface area contributed by atoms with E-state index in [4.69, 9.17) is 19.9 Å². The molecule has 0 spiro atoms. The summed E-state index contributed by atoms with van der Waals surface area (Å²) in [5.41, 5.74) is 4.11. The van der Waals surface area contributed by atoms with E-state index in [-0.39, 0.29) is 24.8 Å². The Morgan fingerprint density at radius 1 is 1.00 bits per heavy atom. The molecule has 0 aromatic heterocycles. The molecule has 7 unspecified atom stereocenters. The van der Waals surface area contributed by atoms with E-state index < -0.39 is 76.1 Å². The Hall–Kier alpha value is -3.76. The fraction of sp³-hybridized carbons (Fsp3) is 0.718. The minimum absolute atomic E-state index is 0.0447. The third-order valence-electron chi connectivity index (χ3n) is 9.37. The van der Waals surface area contributed by atoms with Gasteiger partial charge in [-0.3, -0.25) is 23.9 Å². The van der Waals surface area contributed by atoms with Crippen LogP contribution in [0.25, 0.3) is 0 Å². The molecular weight excluding hydrogens is 729 g/mol. The van der Waals surface area contributed by atoms with E-state index >= 15 is 0 Å². The molecule has 314 valence electrons. The normalized spacial score (nSPS) is 17.6. The van der Waals surface area contributed by atoms with Gasteiger partial charge >= 0.3 is 6.09 Å². The van der Waals surface area contributed by atoms with Gasteiger partial charge in [0.1, 0.15) is 11.1 Å². The molecule has 1 aromatic carbocycles. The molecule has 1 aliphatic rings. The third kappa shape index (κ3) is 15.4. The number of likely N-dealkylation sites (tertiary alicyclic amines) is 1. The van der Waals surface area contributed by atoms with E-state index in [9.17, 15) is 28.2 Å². The molecule has 1 aromatic rings. The Kier molecular flexibility index (Phi) is 20.3. The molecule has 1 saturated heterocycles. The number of carbonyl (C=O) groups excluding carboxylic acids is 5. The van der Waals surface area contributed by atoms with Crippen LogP contribution in [-0.2, 0) is 44.4 Å². The number of amides is 5. The fourth-order valence-corrected chi connectivity index (χ4v) is 7.15. The van der Waals surface area contributed by atoms with Crippen molar-refractivity contribution in [2.45, 2.75) is 142 Å². The number of benzene rings is 1. The maximum absolute atomic E-state index is 14.0. The number of nitrogens with two attached hydrogens (primary N) is 1. The first-order chi connectivity index (χ1) is 25.6. The van der Waals surface area contributed by atoms with Crippen LogP contribution in [0.2, 0.25) is 0 Å². The third-order valence-corrected chi connectivity index (χ3v) is 10.5. The molecule has 5 amide bonds. The minimum Gasteiger partial charge on any atom is -0.444 e. The Labute approximate surface area is 331 Å². The van der Waals surface area contributed by atoms with Crippen molar-refractivity contribution >= 4 is 46.4 Å². The zero-order valence-corrected chi connectivity index (χ0v) is 36.1. The van der Waals surface area contributed by atoms with Crippen LogP contribution >= 0.6 is 0 Å². The van der Waals surface area contributed by atoms with Crippen molar-refractivity contribution in [3.63, 3.8) is 0 Å². The SMILES string of the molecule is CCC.CCC(C)C(C(CC(=O)N1CCCC1C(OC)C(C)C(=O)NS(=O)c1ccc(N)cc1)OC)N(C)C(=O)CNC(=O)C(C)(C)NC(=O)OC(C)(C)C. The van der Waals surface area contributed by atoms with Gasteiger partial charge in [-0.1, -0.05) is 47.5 Å². The maximum atomic E-state index is 14.0. The minimum atomic E-state index is -1.81. The van der Waals surface area contributed by atoms with Crippen LogP contribution in [0.1, 0.15) is 101 Å². The second kappa shape index (κ2) is 22.7. The number of ether oxygens (including phenoxy) is 3. The summed E-state index contributed by atoms with van der Waals surface area (Å²) in [5, 5.41) is 5.13. The number of alkyl carbamates (subject to hydrolysis) is 1. The Morgan fingerprint density at radius 2 is 1.58 bits per heavy atom. The molecular formula is C39H68N6O9S. The van der Waals surface area contributed by atoms with Gasteiger partial charge in [-0.2, -0.15) is 0 Å². The first-order valence-electron chi connectivity index (χ1n) is 19.1. The number of hydrogen-bond acceptors (Lipinski definition) is 10. The highest BCUT2D eigenvalue weighted by Gasteiger charge is 2.42. The average Bonchev–Trinajstić information content (AvgIpc) is 3.59. The summed E-state index contributed by atoms with van der Waals surface area (Å²) in [5.74, 6) is -2.51. The van der Waals surface area contributed by atoms with Crippen molar-refractivity contribution in [1.82, 2.24) is 25.2 Å². The summed E-state index contributed by atoms with van der Waals surface area (Å²) < 4.78 is 32.3. The van der Waals surface area contributed by atoms with Gasteiger partial charge in [-0.25, -0.2) is 9.00 Å². The highest BCUT2D eigenvalue weighted by Crippen LogP contribution is 2.29. The van der Waals surface area contributed by atoms with E-state index in [1.165, 1.54) is 39.4 Å². The highest BCUT2D eigenvalue weighted by molar-refractivity contribution is 7.83. The lowest BCUT2D eigenvalue weighted by Gasteiger charge is -2.39. The highest BCUT2D eigenvalue weighted by atomic mass is 32.2. The van der Waals surface area contributed by atoms with Gasteiger partial charge in [0.05, 0.1) is 48.1 Å². The number of hydrogen-bond donors (Lipinski definition) is 4. The largest absolute Gasteiger partial charge is 0.444 e. The number of anilines is 1. The Balaban J connectivity index is 0.00000487. The van der Waals surface area contributed by atoms with Crippen molar-refractivity contribution in [2.24, 2.45) is 11.8 Å². The molecule has 15 nitrogen and oxygen atoms in total. The number of likely N-dealkylation sites (N-methyl/N-ethyl adjacent to an activating group) is 1. The summed E-state index contributed by atoms with van der Waals surface area (Å²) in [6, 6.07) is 5.41. The lowest BCUT2D eigenvalue weighted by atomic mass is 9.90. The summed E-state index contributed by atoms with van der Waals surface area (Å²) in [7, 11) is 2.78. The maximum Gasteiger partial charge on any atom is 0.408 e. The van der Waals surface area contributed by atoms with E-state index in [0.717, 1.165) is 0 Å². The monoisotopic (exact) mass is 796 g/mol. The first-order valence-corrected chi connectivity index (χ1v) is 20.2. The first kappa shape index (κ1) is 49.3. The molecule has 0 aliphatic carbocycles. The summed E-state index contributed by atoms with van der Waals surface area (Å²) in [6.45, 7) is 18.1. The van der Waals surface area contributed by atoms with Crippen LogP contribution in [0.5, 0.6) is 0 Å². The number of rotatable bonds is 17. The molecule has 0 saturated carbocycles. The number of nitrogen functional groups attached to an aromatic ring is 1. The van der Waals surface area contributed by atoms with Gasteiger partial charge in [0, 0.05) is 33.5 Å². The van der Waals surface area contributed by atoms with Crippen LogP contribution in [-0.4, -0.2) is 114 Å². The van der Waals surface area contributed by atoms with Crippen LogP contribution in [0.3, 0.4) is 0 Å². The quantitative estimate of drug-likeness (QED) is 0.166. The van der Waals surface area contributed by atoms with Gasteiger partial charge in [0.15, 0.2) is 11.0 Å². The molecule has 55 heavy (non-hydrogen) atoms. The van der Waals surface area contributed by atoms with Crippen LogP contribution in [0.4, 0.5) is 10.5 Å². The fourth-order valence-electron chi connectivity index (χ4n) is 6.28. The lowest BCUT2D eigenvalue weighted by Crippen LogP contribution is -2.58. The predicted molar refractivity (Wildman–Crippen MR) is 214 cm³/mol. The molecule has 1 aliphatic heterocycles. The topological polar surface area (TPSA) is 199 Å². The zero-order valence-electron chi connectivity index (χ0n) is 35.3. The van der Waals surface area contributed by atoms with E-state index in [2.05, 4.69) is 29.2 Å². The van der Waals surface area contributed by atoms with E-state index in [0.29, 0.717) is 36.4 Å². The van der Waals surface area contributed by atoms with Crippen molar-refractivity contribution in [2.75, 3.05) is 40.1 Å². The van der Waals surface area contributed by atoms with Crippen LogP contribution < -0.4 is 21.1 Å². The summed E-state index contributed by atoms with van der Waals surface area (Å²) >= 11 is 0. The molecule has 16 heteroatoms. The molecule has 7 atom stereocenters. The number of nitrogens with zero attached hydrogens (tertiary/aromatic N) is 2. The predicted octanol–water partition coefficient (Wildman–Crippen LogP) is 4.16. The molecule has 2 rings (SSSR count). The van der Waals surface area contributed by atoms with Gasteiger partial charge in [0.2, 0.25) is 23.6 Å². The number of nitrogens with one attached hydrogen (secondary N) is 3. The number of methoxy groups -OCH3 is 2. The summed E-state index contributed by atoms with van der Waals surface area (Å²) in [4.78, 5) is 69.5. The van der Waals surface area contributed by atoms with Crippen molar-refractivity contribution in [3.8, 4) is 0 Å². The standard InChI is InChI=1S/C36H60N6O9S.C3H8/c1-12-22(2)30(41(9)29(44)21-38-33(46)36(7,8)39-34(47)51-35(4,5)6)27(49-10)20-28(43)42-19-13-14-26(42)31(50-11)23(3)32(45)40-52(48)25-17-15-24(37)16-18-25;1-3-2/h15-18,22-23,26-27,30-31H,12-14,19-21,37H2,1-11H3,(H,38,46)(H,39,47)(H,40,45);3H2,1-2H3. The number of carbonyl (C=O) groups is 5. The van der Waals surface area contributed by atoms with Gasteiger partial charge in [0.25, 0.3) is 0 Å².